The molecule has 0 aliphatic carbocycles. The summed E-state index contributed by atoms with van der Waals surface area (Å²) in [5.74, 6) is 0.159. The van der Waals surface area contributed by atoms with Crippen LogP contribution in [0.1, 0.15) is 13.8 Å². The van der Waals surface area contributed by atoms with Crippen LogP contribution in [0.5, 0.6) is 5.75 Å². The third-order valence-electron chi connectivity index (χ3n) is 3.54. The van der Waals surface area contributed by atoms with Crippen LogP contribution in [0.25, 0.3) is 0 Å². The predicted molar refractivity (Wildman–Crippen MR) is 105 cm³/mol. The van der Waals surface area contributed by atoms with Crippen molar-refractivity contribution in [2.75, 3.05) is 29.6 Å². The molecule has 0 aliphatic rings. The summed E-state index contributed by atoms with van der Waals surface area (Å²) >= 11 is 6.06. The van der Waals surface area contributed by atoms with E-state index in [1.807, 2.05) is 13.8 Å². The molecule has 26 heavy (non-hydrogen) atoms. The molecular weight excluding hydrogens is 354 g/mol. The molecule has 0 unspecified atom stereocenters. The minimum absolute atomic E-state index is 0.0746. The summed E-state index contributed by atoms with van der Waals surface area (Å²) in [6.07, 6.45) is 0. The van der Waals surface area contributed by atoms with Crippen LogP contribution in [-0.2, 0) is 9.59 Å². The number of rotatable bonds is 7. The summed E-state index contributed by atoms with van der Waals surface area (Å²) in [6.45, 7) is 3.71. The molecule has 2 amide bonds. The van der Waals surface area contributed by atoms with Gasteiger partial charge in [0.15, 0.2) is 0 Å². The number of carbonyl (C=O) groups excluding carboxylic acids is 2. The van der Waals surface area contributed by atoms with Gasteiger partial charge in [0.25, 0.3) is 0 Å². The summed E-state index contributed by atoms with van der Waals surface area (Å²) in [7, 11) is 1.54. The van der Waals surface area contributed by atoms with Crippen LogP contribution in [0.3, 0.4) is 0 Å². The minimum atomic E-state index is -0.218. The van der Waals surface area contributed by atoms with Crippen molar-refractivity contribution < 1.29 is 14.3 Å². The number of hydrogen-bond donors (Lipinski definition) is 3. The van der Waals surface area contributed by atoms with Crippen molar-refractivity contribution in [2.24, 2.45) is 5.92 Å². The van der Waals surface area contributed by atoms with E-state index in [1.54, 1.807) is 49.6 Å². The van der Waals surface area contributed by atoms with E-state index in [1.165, 1.54) is 0 Å². The van der Waals surface area contributed by atoms with Gasteiger partial charge in [0, 0.05) is 23.0 Å². The Balaban J connectivity index is 1.91. The highest BCUT2D eigenvalue weighted by Crippen LogP contribution is 2.27. The molecule has 0 aliphatic heterocycles. The van der Waals surface area contributed by atoms with E-state index in [-0.39, 0.29) is 24.3 Å². The molecule has 3 N–H and O–H groups in total. The van der Waals surface area contributed by atoms with E-state index in [4.69, 9.17) is 16.3 Å². The summed E-state index contributed by atoms with van der Waals surface area (Å²) < 4.78 is 5.09. The SMILES string of the molecule is COc1ccc(NCC(=O)Nc2cccc(NC(=O)C(C)C)c2)cc1Cl. The van der Waals surface area contributed by atoms with Crippen LogP contribution in [0.2, 0.25) is 5.02 Å². The lowest BCUT2D eigenvalue weighted by Gasteiger charge is -2.11. The second kappa shape index (κ2) is 9.10. The van der Waals surface area contributed by atoms with Crippen molar-refractivity contribution in [3.63, 3.8) is 0 Å². The van der Waals surface area contributed by atoms with E-state index in [0.29, 0.717) is 27.8 Å². The quantitative estimate of drug-likeness (QED) is 0.683. The van der Waals surface area contributed by atoms with E-state index >= 15 is 0 Å². The number of hydrogen-bond acceptors (Lipinski definition) is 4. The third-order valence-corrected chi connectivity index (χ3v) is 3.84. The maximum Gasteiger partial charge on any atom is 0.243 e. The summed E-state index contributed by atoms with van der Waals surface area (Å²) in [4.78, 5) is 23.9. The first-order valence-electron chi connectivity index (χ1n) is 8.17. The Labute approximate surface area is 157 Å². The third kappa shape index (κ3) is 5.67. The van der Waals surface area contributed by atoms with Crippen molar-refractivity contribution in [2.45, 2.75) is 13.8 Å². The molecule has 0 spiro atoms. The van der Waals surface area contributed by atoms with E-state index < -0.39 is 0 Å². The van der Waals surface area contributed by atoms with Crippen LogP contribution >= 0.6 is 11.6 Å². The Morgan fingerprint density at radius 3 is 2.35 bits per heavy atom. The van der Waals surface area contributed by atoms with Crippen LogP contribution in [0, 0.1) is 5.92 Å². The van der Waals surface area contributed by atoms with E-state index in [0.717, 1.165) is 0 Å². The maximum atomic E-state index is 12.1. The summed E-state index contributed by atoms with van der Waals surface area (Å²) in [6, 6.07) is 12.2. The van der Waals surface area contributed by atoms with Gasteiger partial charge in [-0.05, 0) is 36.4 Å². The Kier molecular flexibility index (Phi) is 6.86. The summed E-state index contributed by atoms with van der Waals surface area (Å²) in [5, 5.41) is 9.04. The Bertz CT molecular complexity index is 793. The molecule has 0 radical (unpaired) electrons. The lowest BCUT2D eigenvalue weighted by atomic mass is 10.2. The van der Waals surface area contributed by atoms with Gasteiger partial charge in [-0.25, -0.2) is 0 Å². The molecule has 0 atom stereocenters. The molecule has 0 saturated carbocycles. The predicted octanol–water partition coefficient (Wildman–Crippen LogP) is 3.99. The largest absolute Gasteiger partial charge is 0.495 e. The molecule has 0 heterocycles. The fourth-order valence-electron chi connectivity index (χ4n) is 2.13. The molecule has 0 saturated heterocycles. The first kappa shape index (κ1) is 19.6. The number of carbonyl (C=O) groups is 2. The zero-order valence-electron chi connectivity index (χ0n) is 14.9. The highest BCUT2D eigenvalue weighted by molar-refractivity contribution is 6.32. The number of halogens is 1. The molecule has 2 aromatic rings. The van der Waals surface area contributed by atoms with Gasteiger partial charge in [0.05, 0.1) is 18.7 Å². The standard InChI is InChI=1S/C19H22ClN3O3/c1-12(2)19(25)23-15-6-4-5-14(9-15)22-18(24)11-21-13-7-8-17(26-3)16(20)10-13/h4-10,12,21H,11H2,1-3H3,(H,22,24)(H,23,25). The van der Waals surface area contributed by atoms with Crippen molar-refractivity contribution in [1.29, 1.82) is 0 Å². The monoisotopic (exact) mass is 375 g/mol. The normalized spacial score (nSPS) is 10.3. The lowest BCUT2D eigenvalue weighted by molar-refractivity contribution is -0.119. The Hall–Kier alpha value is -2.73. The highest BCUT2D eigenvalue weighted by Gasteiger charge is 2.08. The second-order valence-electron chi connectivity index (χ2n) is 5.98. The Morgan fingerprint density at radius 1 is 1.04 bits per heavy atom. The van der Waals surface area contributed by atoms with Gasteiger partial charge in [-0.1, -0.05) is 31.5 Å². The molecule has 0 aromatic heterocycles. The van der Waals surface area contributed by atoms with Gasteiger partial charge in [-0.15, -0.1) is 0 Å². The smallest absolute Gasteiger partial charge is 0.243 e. The van der Waals surface area contributed by atoms with Crippen molar-refractivity contribution >= 4 is 40.5 Å². The lowest BCUT2D eigenvalue weighted by Crippen LogP contribution is -2.22. The molecule has 2 rings (SSSR count). The van der Waals surface area contributed by atoms with Gasteiger partial charge in [0.2, 0.25) is 11.8 Å². The molecule has 0 fully saturated rings. The number of nitrogens with one attached hydrogen (secondary N) is 3. The zero-order valence-corrected chi connectivity index (χ0v) is 15.7. The van der Waals surface area contributed by atoms with E-state index in [9.17, 15) is 9.59 Å². The maximum absolute atomic E-state index is 12.1. The van der Waals surface area contributed by atoms with Crippen molar-refractivity contribution in [3.05, 3.63) is 47.5 Å². The molecule has 6 nitrogen and oxygen atoms in total. The first-order chi connectivity index (χ1) is 12.4. The molecule has 2 aromatic carbocycles. The van der Waals surface area contributed by atoms with E-state index in [2.05, 4.69) is 16.0 Å². The first-order valence-corrected chi connectivity index (χ1v) is 8.55. The number of methoxy groups -OCH3 is 1. The average molecular weight is 376 g/mol. The van der Waals surface area contributed by atoms with Crippen molar-refractivity contribution in [1.82, 2.24) is 0 Å². The second-order valence-corrected chi connectivity index (χ2v) is 6.38. The molecule has 0 bridgehead atoms. The number of benzene rings is 2. The van der Waals surface area contributed by atoms with Gasteiger partial charge < -0.3 is 20.7 Å². The zero-order chi connectivity index (χ0) is 19.1. The number of amides is 2. The average Bonchev–Trinajstić information content (AvgIpc) is 2.60. The number of anilines is 3. The molecular formula is C19H22ClN3O3. The summed E-state index contributed by atoms with van der Waals surface area (Å²) in [5.41, 5.74) is 1.95. The van der Waals surface area contributed by atoms with Gasteiger partial charge >= 0.3 is 0 Å². The van der Waals surface area contributed by atoms with Crippen molar-refractivity contribution in [3.8, 4) is 5.75 Å². The molecule has 138 valence electrons. The van der Waals surface area contributed by atoms with Gasteiger partial charge in [0.1, 0.15) is 5.75 Å². The fourth-order valence-corrected chi connectivity index (χ4v) is 2.38. The Morgan fingerprint density at radius 2 is 1.73 bits per heavy atom. The van der Waals surface area contributed by atoms with Crippen LogP contribution in [0.4, 0.5) is 17.1 Å². The van der Waals surface area contributed by atoms with Gasteiger partial charge in [-0.3, -0.25) is 9.59 Å². The topological polar surface area (TPSA) is 79.5 Å². The molecule has 7 heteroatoms. The van der Waals surface area contributed by atoms with Gasteiger partial charge in [-0.2, -0.15) is 0 Å². The van der Waals surface area contributed by atoms with Crippen LogP contribution < -0.4 is 20.7 Å². The number of ether oxygens (including phenoxy) is 1. The minimum Gasteiger partial charge on any atom is -0.495 e. The highest BCUT2D eigenvalue weighted by atomic mass is 35.5. The van der Waals surface area contributed by atoms with Crippen LogP contribution in [-0.4, -0.2) is 25.5 Å². The fraction of sp³-hybridized carbons (Fsp3) is 0.263. The van der Waals surface area contributed by atoms with Crippen LogP contribution in [0.15, 0.2) is 42.5 Å².